The lowest BCUT2D eigenvalue weighted by molar-refractivity contribution is -0.133. The predicted octanol–water partition coefficient (Wildman–Crippen LogP) is 3.06. The van der Waals surface area contributed by atoms with Crippen LogP contribution in [0.1, 0.15) is 36.2 Å². The lowest BCUT2D eigenvalue weighted by Crippen LogP contribution is -2.40. The zero-order valence-corrected chi connectivity index (χ0v) is 16.6. The van der Waals surface area contributed by atoms with Crippen molar-refractivity contribution < 1.29 is 27.4 Å². The molecule has 2 heterocycles. The highest BCUT2D eigenvalue weighted by atomic mass is 19.3. The maximum Gasteiger partial charge on any atom is 0.317 e. The van der Waals surface area contributed by atoms with Gasteiger partial charge in [-0.25, -0.2) is 13.5 Å². The van der Waals surface area contributed by atoms with Crippen LogP contribution in [0, 0.1) is 11.6 Å². The van der Waals surface area contributed by atoms with E-state index in [9.17, 15) is 13.9 Å². The summed E-state index contributed by atoms with van der Waals surface area (Å²) in [6.07, 6.45) is 1.06. The van der Waals surface area contributed by atoms with Gasteiger partial charge in [0.2, 0.25) is 0 Å². The van der Waals surface area contributed by atoms with E-state index < -0.39 is 41.0 Å². The molecule has 0 radical (unpaired) electrons. The number of aliphatic hydroxyl groups excluding tert-OH is 1. The molecule has 0 amide bonds. The van der Waals surface area contributed by atoms with Gasteiger partial charge in [-0.15, -0.1) is 5.10 Å². The fourth-order valence-electron chi connectivity index (χ4n) is 3.14. The highest BCUT2D eigenvalue weighted by molar-refractivity contribution is 5.26. The maximum atomic E-state index is 15.2. The smallest absolute Gasteiger partial charge is 0.317 e. The van der Waals surface area contributed by atoms with Crippen molar-refractivity contribution in [2.75, 3.05) is 13.2 Å². The molecule has 1 aromatic carbocycles. The van der Waals surface area contributed by atoms with Gasteiger partial charge in [-0.3, -0.25) is 4.98 Å². The second-order valence-electron chi connectivity index (χ2n) is 6.82. The maximum absolute atomic E-state index is 15.2. The second kappa shape index (κ2) is 9.92. The molecule has 7 nitrogen and oxygen atoms in total. The van der Waals surface area contributed by atoms with Crippen LogP contribution in [-0.2, 0) is 17.1 Å². The Morgan fingerprint density at radius 3 is 2.61 bits per heavy atom. The molecule has 3 aromatic rings. The SMILES string of the molecule is CCOCCCc1ccc(C(F)(F)C(O)C(c2ccc(F)cc2F)n2cnnn2)nc1. The van der Waals surface area contributed by atoms with Gasteiger partial charge in [-0.1, -0.05) is 12.1 Å². The van der Waals surface area contributed by atoms with E-state index in [2.05, 4.69) is 20.5 Å². The Hall–Kier alpha value is -2.92. The van der Waals surface area contributed by atoms with E-state index in [1.54, 1.807) is 0 Å². The Labute approximate surface area is 175 Å². The third kappa shape index (κ3) is 5.23. The standard InChI is InChI=1S/C20H21F4N5O2/c1-2-31-9-3-4-13-5-8-17(25-11-13)20(23,24)19(30)18(29-12-26-27-28-29)15-7-6-14(21)10-16(15)22/h5-8,10-12,18-19,30H,2-4,9H2,1H3. The summed E-state index contributed by atoms with van der Waals surface area (Å²) in [4.78, 5) is 3.80. The normalized spacial score (nSPS) is 13.9. The molecule has 0 fully saturated rings. The number of hydrogen-bond donors (Lipinski definition) is 1. The number of aliphatic hydroxyl groups is 1. The molecule has 0 aliphatic heterocycles. The number of pyridine rings is 1. The Morgan fingerprint density at radius 2 is 2.00 bits per heavy atom. The minimum Gasteiger partial charge on any atom is -0.384 e. The molecule has 2 aromatic heterocycles. The number of hydrogen-bond acceptors (Lipinski definition) is 6. The largest absolute Gasteiger partial charge is 0.384 e. The highest BCUT2D eigenvalue weighted by Gasteiger charge is 2.48. The molecule has 0 aliphatic rings. The van der Waals surface area contributed by atoms with Crippen LogP contribution in [-0.4, -0.2) is 49.6 Å². The summed E-state index contributed by atoms with van der Waals surface area (Å²) in [5.41, 5.74) is -0.363. The van der Waals surface area contributed by atoms with Crippen LogP contribution < -0.4 is 0 Å². The first-order valence-corrected chi connectivity index (χ1v) is 9.61. The van der Waals surface area contributed by atoms with Crippen LogP contribution in [0.3, 0.4) is 0 Å². The summed E-state index contributed by atoms with van der Waals surface area (Å²) in [6, 6.07) is 3.27. The third-order valence-electron chi connectivity index (χ3n) is 4.73. The first-order valence-electron chi connectivity index (χ1n) is 9.61. The van der Waals surface area contributed by atoms with Gasteiger partial charge in [-0.05, 0) is 47.9 Å². The number of rotatable bonds is 10. The van der Waals surface area contributed by atoms with Gasteiger partial charge in [0.1, 0.15) is 29.7 Å². The number of ether oxygens (including phenoxy) is 1. The highest BCUT2D eigenvalue weighted by Crippen LogP contribution is 2.39. The lowest BCUT2D eigenvalue weighted by Gasteiger charge is -2.29. The van der Waals surface area contributed by atoms with Gasteiger partial charge in [0.15, 0.2) is 6.10 Å². The summed E-state index contributed by atoms with van der Waals surface area (Å²) >= 11 is 0. The Bertz CT molecular complexity index is 970. The Morgan fingerprint density at radius 1 is 1.19 bits per heavy atom. The van der Waals surface area contributed by atoms with E-state index in [4.69, 9.17) is 4.74 Å². The molecule has 0 saturated carbocycles. The van der Waals surface area contributed by atoms with E-state index in [0.717, 1.165) is 34.8 Å². The van der Waals surface area contributed by atoms with Crippen molar-refractivity contribution in [3.8, 4) is 0 Å². The number of halogens is 4. The van der Waals surface area contributed by atoms with Gasteiger partial charge in [-0.2, -0.15) is 8.78 Å². The van der Waals surface area contributed by atoms with Gasteiger partial charge >= 0.3 is 5.92 Å². The summed E-state index contributed by atoms with van der Waals surface area (Å²) < 4.78 is 64.0. The molecule has 2 atom stereocenters. The number of tetrazole rings is 1. The Balaban J connectivity index is 1.87. The number of benzene rings is 1. The fraction of sp³-hybridized carbons (Fsp3) is 0.400. The first kappa shape index (κ1) is 22.8. The summed E-state index contributed by atoms with van der Waals surface area (Å²) in [5.74, 6) is -5.89. The zero-order chi connectivity index (χ0) is 22.4. The average molecular weight is 439 g/mol. The van der Waals surface area contributed by atoms with Crippen molar-refractivity contribution in [1.29, 1.82) is 0 Å². The molecule has 11 heteroatoms. The van der Waals surface area contributed by atoms with E-state index in [-0.39, 0.29) is 0 Å². The van der Waals surface area contributed by atoms with Crippen molar-refractivity contribution in [3.63, 3.8) is 0 Å². The average Bonchev–Trinajstić information content (AvgIpc) is 3.27. The lowest BCUT2D eigenvalue weighted by atomic mass is 9.94. The van der Waals surface area contributed by atoms with Crippen LogP contribution in [0.5, 0.6) is 0 Å². The predicted molar refractivity (Wildman–Crippen MR) is 101 cm³/mol. The van der Waals surface area contributed by atoms with E-state index in [0.29, 0.717) is 32.1 Å². The molecule has 3 rings (SSSR count). The molecule has 0 aliphatic carbocycles. The fourth-order valence-corrected chi connectivity index (χ4v) is 3.14. The van der Waals surface area contributed by atoms with Crippen molar-refractivity contribution in [2.24, 2.45) is 0 Å². The first-order chi connectivity index (χ1) is 14.8. The molecule has 0 spiro atoms. The van der Waals surface area contributed by atoms with Crippen LogP contribution in [0.4, 0.5) is 17.6 Å². The quantitative estimate of drug-likeness (QED) is 0.386. The van der Waals surface area contributed by atoms with Crippen molar-refractivity contribution >= 4 is 0 Å². The number of aromatic nitrogens is 5. The van der Waals surface area contributed by atoms with Gasteiger partial charge in [0.25, 0.3) is 0 Å². The van der Waals surface area contributed by atoms with E-state index in [1.807, 2.05) is 6.92 Å². The topological polar surface area (TPSA) is 86.0 Å². The van der Waals surface area contributed by atoms with Crippen LogP contribution in [0.2, 0.25) is 0 Å². The molecular weight excluding hydrogens is 418 g/mol. The zero-order valence-electron chi connectivity index (χ0n) is 16.6. The molecule has 2 unspecified atom stereocenters. The minimum atomic E-state index is -3.89. The monoisotopic (exact) mass is 439 g/mol. The second-order valence-corrected chi connectivity index (χ2v) is 6.82. The van der Waals surface area contributed by atoms with Gasteiger partial charge in [0, 0.05) is 31.0 Å². The summed E-state index contributed by atoms with van der Waals surface area (Å²) in [6.45, 7) is 3.02. The molecular formula is C20H21F4N5O2. The van der Waals surface area contributed by atoms with E-state index in [1.165, 1.54) is 12.3 Å². The van der Waals surface area contributed by atoms with Crippen LogP contribution >= 0.6 is 0 Å². The Kier molecular flexibility index (Phi) is 7.29. The van der Waals surface area contributed by atoms with Crippen LogP contribution in [0.15, 0.2) is 42.9 Å². The summed E-state index contributed by atoms with van der Waals surface area (Å²) in [7, 11) is 0. The van der Waals surface area contributed by atoms with Crippen molar-refractivity contribution in [2.45, 2.75) is 37.8 Å². The minimum absolute atomic E-state index is 0.395. The third-order valence-corrected chi connectivity index (χ3v) is 4.73. The molecule has 0 saturated heterocycles. The summed E-state index contributed by atoms with van der Waals surface area (Å²) in [5, 5.41) is 20.8. The number of nitrogens with zero attached hydrogens (tertiary/aromatic N) is 5. The van der Waals surface area contributed by atoms with Crippen molar-refractivity contribution in [3.05, 3.63) is 71.3 Å². The van der Waals surface area contributed by atoms with Crippen LogP contribution in [0.25, 0.3) is 0 Å². The molecule has 31 heavy (non-hydrogen) atoms. The van der Waals surface area contributed by atoms with Gasteiger partial charge in [0.05, 0.1) is 0 Å². The van der Waals surface area contributed by atoms with E-state index >= 15 is 8.78 Å². The van der Waals surface area contributed by atoms with Crippen molar-refractivity contribution in [1.82, 2.24) is 25.2 Å². The van der Waals surface area contributed by atoms with Gasteiger partial charge < -0.3 is 9.84 Å². The molecule has 1 N–H and O–H groups in total. The number of aryl methyl sites for hydroxylation is 1. The number of alkyl halides is 2. The molecule has 166 valence electrons. The molecule has 0 bridgehead atoms.